The molecule has 0 bridgehead atoms. The van der Waals surface area contributed by atoms with Crippen LogP contribution in [0.5, 0.6) is 0 Å². The third-order valence-electron chi connectivity index (χ3n) is 3.89. The van der Waals surface area contributed by atoms with Crippen LogP contribution < -0.4 is 0 Å². The number of hydrogen-bond donors (Lipinski definition) is 0. The van der Waals surface area contributed by atoms with E-state index >= 15 is 0 Å². The van der Waals surface area contributed by atoms with E-state index in [9.17, 15) is 14.4 Å². The maximum Gasteiger partial charge on any atom is 0.418 e. The van der Waals surface area contributed by atoms with Crippen molar-refractivity contribution in [1.29, 1.82) is 0 Å². The van der Waals surface area contributed by atoms with Gasteiger partial charge in [0.2, 0.25) is 11.6 Å². The van der Waals surface area contributed by atoms with Gasteiger partial charge in [0.05, 0.1) is 5.52 Å². The number of benzene rings is 1. The van der Waals surface area contributed by atoms with E-state index in [1.807, 2.05) is 45.0 Å². The van der Waals surface area contributed by atoms with Crippen molar-refractivity contribution in [2.24, 2.45) is 0 Å². The molecule has 1 aromatic heterocycles. The Morgan fingerprint density at radius 3 is 2.40 bits per heavy atom. The minimum Gasteiger partial charge on any atom is -0.443 e. The Hall–Kier alpha value is -2.95. The third kappa shape index (κ3) is 3.31. The van der Waals surface area contributed by atoms with Gasteiger partial charge in [0.25, 0.3) is 0 Å². The van der Waals surface area contributed by atoms with Crippen molar-refractivity contribution in [1.82, 2.24) is 4.57 Å². The fourth-order valence-corrected chi connectivity index (χ4v) is 2.74. The zero-order valence-corrected chi connectivity index (χ0v) is 14.6. The largest absolute Gasteiger partial charge is 0.443 e. The van der Waals surface area contributed by atoms with E-state index in [1.54, 1.807) is 13.1 Å². The first-order valence-corrected chi connectivity index (χ1v) is 7.99. The van der Waals surface area contributed by atoms with Crippen LogP contribution in [0.25, 0.3) is 16.5 Å². The molecule has 0 atom stereocenters. The van der Waals surface area contributed by atoms with Crippen molar-refractivity contribution in [2.75, 3.05) is 0 Å². The summed E-state index contributed by atoms with van der Waals surface area (Å²) in [6.45, 7) is 7.22. The number of carbonyl (C=O) groups is 3. The lowest BCUT2D eigenvalue weighted by Crippen LogP contribution is -2.26. The van der Waals surface area contributed by atoms with Crippen molar-refractivity contribution in [2.45, 2.75) is 33.3 Å². The lowest BCUT2D eigenvalue weighted by atomic mass is 9.91. The van der Waals surface area contributed by atoms with Crippen molar-refractivity contribution in [3.63, 3.8) is 0 Å². The highest BCUT2D eigenvalue weighted by Crippen LogP contribution is 2.29. The smallest absolute Gasteiger partial charge is 0.418 e. The molecular formula is C20H19NO4. The van der Waals surface area contributed by atoms with E-state index < -0.39 is 23.3 Å². The number of ether oxygens (including phenoxy) is 1. The normalized spacial score (nSPS) is 15.2. The van der Waals surface area contributed by atoms with Gasteiger partial charge in [-0.15, -0.1) is 0 Å². The van der Waals surface area contributed by atoms with Gasteiger partial charge in [0.15, 0.2) is 0 Å². The molecule has 2 aromatic rings. The molecule has 1 aliphatic rings. The van der Waals surface area contributed by atoms with E-state index in [0.29, 0.717) is 11.1 Å². The molecule has 1 aromatic carbocycles. The van der Waals surface area contributed by atoms with E-state index in [0.717, 1.165) is 16.5 Å². The van der Waals surface area contributed by atoms with Crippen LogP contribution in [-0.2, 0) is 14.3 Å². The van der Waals surface area contributed by atoms with E-state index in [1.165, 1.54) is 16.7 Å². The zero-order chi connectivity index (χ0) is 18.4. The fourth-order valence-electron chi connectivity index (χ4n) is 2.74. The molecule has 0 saturated heterocycles. The first kappa shape index (κ1) is 16.9. The predicted molar refractivity (Wildman–Crippen MR) is 95.3 cm³/mol. The molecule has 3 rings (SSSR count). The number of fused-ring (bicyclic) bond motifs is 1. The number of carbonyl (C=O) groups excluding carboxylic acids is 3. The molecule has 0 aliphatic heterocycles. The molecule has 5 heteroatoms. The minimum absolute atomic E-state index is 0.462. The molecule has 1 aliphatic carbocycles. The average Bonchev–Trinajstić information content (AvgIpc) is 2.92. The third-order valence-corrected chi connectivity index (χ3v) is 3.89. The Kier molecular flexibility index (Phi) is 3.95. The van der Waals surface area contributed by atoms with Gasteiger partial charge >= 0.3 is 6.09 Å². The maximum absolute atomic E-state index is 12.4. The topological polar surface area (TPSA) is 65.4 Å². The van der Waals surface area contributed by atoms with Crippen LogP contribution in [0.15, 0.2) is 48.2 Å². The van der Waals surface area contributed by atoms with Gasteiger partial charge in [-0.05, 0) is 68.7 Å². The Morgan fingerprint density at radius 1 is 1.04 bits per heavy atom. The summed E-state index contributed by atoms with van der Waals surface area (Å²) in [6, 6.07) is 7.40. The van der Waals surface area contributed by atoms with Crippen LogP contribution in [-0.4, -0.2) is 27.8 Å². The molecular weight excluding hydrogens is 318 g/mol. The van der Waals surface area contributed by atoms with Crippen LogP contribution in [0.3, 0.4) is 0 Å². The Balaban J connectivity index is 2.06. The van der Waals surface area contributed by atoms with Crippen molar-refractivity contribution >= 4 is 34.1 Å². The molecule has 25 heavy (non-hydrogen) atoms. The van der Waals surface area contributed by atoms with Crippen LogP contribution in [0.1, 0.15) is 33.3 Å². The number of hydrogen-bond acceptors (Lipinski definition) is 4. The molecule has 0 saturated carbocycles. The monoisotopic (exact) mass is 337 g/mol. The van der Waals surface area contributed by atoms with Crippen LogP contribution >= 0.6 is 0 Å². The summed E-state index contributed by atoms with van der Waals surface area (Å²) in [5.41, 5.74) is 2.27. The number of allylic oxidation sites excluding steroid dienone is 4. The molecule has 0 unspecified atom stereocenters. The second-order valence-corrected chi connectivity index (χ2v) is 7.05. The van der Waals surface area contributed by atoms with Gasteiger partial charge in [-0.25, -0.2) is 4.79 Å². The summed E-state index contributed by atoms with van der Waals surface area (Å²) >= 11 is 0. The SMILES string of the molecule is CC1=CC(=O)C(=O)C=C1c1ccc2ccn(C(=O)OC(C)(C)C)c2c1. The predicted octanol–water partition coefficient (Wildman–Crippen LogP) is 3.91. The van der Waals surface area contributed by atoms with Gasteiger partial charge < -0.3 is 4.74 Å². The number of ketones is 2. The summed E-state index contributed by atoms with van der Waals surface area (Å²) < 4.78 is 6.87. The first-order valence-electron chi connectivity index (χ1n) is 7.99. The number of rotatable bonds is 1. The minimum atomic E-state index is -0.594. The number of nitrogens with zero attached hydrogens (tertiary/aromatic N) is 1. The second-order valence-electron chi connectivity index (χ2n) is 7.05. The van der Waals surface area contributed by atoms with Crippen molar-refractivity contribution in [3.8, 4) is 0 Å². The van der Waals surface area contributed by atoms with Gasteiger partial charge in [-0.2, -0.15) is 0 Å². The molecule has 5 nitrogen and oxygen atoms in total. The lowest BCUT2D eigenvalue weighted by molar-refractivity contribution is -0.131. The Morgan fingerprint density at radius 2 is 1.72 bits per heavy atom. The van der Waals surface area contributed by atoms with Gasteiger partial charge in [-0.1, -0.05) is 12.1 Å². The van der Waals surface area contributed by atoms with Crippen LogP contribution in [0, 0.1) is 0 Å². The summed E-state index contributed by atoms with van der Waals surface area (Å²) in [5.74, 6) is -1.05. The zero-order valence-electron chi connectivity index (χ0n) is 14.6. The lowest BCUT2D eigenvalue weighted by Gasteiger charge is -2.20. The quantitative estimate of drug-likeness (QED) is 0.584. The highest BCUT2D eigenvalue weighted by molar-refractivity contribution is 6.48. The molecule has 0 spiro atoms. The van der Waals surface area contributed by atoms with E-state index in [-0.39, 0.29) is 0 Å². The fraction of sp³-hybridized carbons (Fsp3) is 0.250. The van der Waals surface area contributed by atoms with Gasteiger partial charge in [0, 0.05) is 11.6 Å². The molecule has 0 fully saturated rings. The average molecular weight is 337 g/mol. The first-order chi connectivity index (χ1) is 11.7. The Labute approximate surface area is 145 Å². The molecule has 0 amide bonds. The molecule has 1 heterocycles. The molecule has 0 N–H and O–H groups in total. The van der Waals surface area contributed by atoms with Gasteiger partial charge in [0.1, 0.15) is 5.60 Å². The summed E-state index contributed by atoms with van der Waals surface area (Å²) in [6.07, 6.45) is 3.89. The van der Waals surface area contributed by atoms with Crippen molar-refractivity contribution < 1.29 is 19.1 Å². The molecule has 0 radical (unpaired) electrons. The second kappa shape index (κ2) is 5.84. The van der Waals surface area contributed by atoms with Crippen molar-refractivity contribution in [3.05, 3.63) is 53.8 Å². The highest BCUT2D eigenvalue weighted by atomic mass is 16.6. The molecule has 128 valence electrons. The Bertz CT molecular complexity index is 967. The summed E-state index contributed by atoms with van der Waals surface area (Å²) in [7, 11) is 0. The number of aromatic nitrogens is 1. The van der Waals surface area contributed by atoms with Crippen LogP contribution in [0.2, 0.25) is 0 Å². The van der Waals surface area contributed by atoms with Crippen LogP contribution in [0.4, 0.5) is 4.79 Å². The highest BCUT2D eigenvalue weighted by Gasteiger charge is 2.21. The maximum atomic E-state index is 12.4. The van der Waals surface area contributed by atoms with Gasteiger partial charge in [-0.3, -0.25) is 14.2 Å². The summed E-state index contributed by atoms with van der Waals surface area (Å²) in [5, 5.41) is 0.884. The standard InChI is InChI=1S/C20H19NO4/c1-12-9-17(22)18(23)11-15(12)14-6-5-13-7-8-21(16(13)10-14)19(24)25-20(2,3)4/h5-11H,1-4H3. The van der Waals surface area contributed by atoms with E-state index in [2.05, 4.69) is 0 Å². The summed E-state index contributed by atoms with van der Waals surface area (Å²) in [4.78, 5) is 35.6. The van der Waals surface area contributed by atoms with E-state index in [4.69, 9.17) is 4.74 Å².